The zero-order chi connectivity index (χ0) is 26.6. The molecule has 12 heteroatoms. The van der Waals surface area contributed by atoms with Crippen LogP contribution in [0.15, 0.2) is 77.7 Å². The number of carbonyl (C=O) groups excluding carboxylic acids is 1. The van der Waals surface area contributed by atoms with Crippen molar-refractivity contribution in [2.24, 2.45) is 0 Å². The fourth-order valence-electron chi connectivity index (χ4n) is 3.50. The molecule has 190 valence electrons. The number of hydrogen-bond donors (Lipinski definition) is 3. The Morgan fingerprint density at radius 2 is 1.51 bits per heavy atom. The maximum absolute atomic E-state index is 13.0. The van der Waals surface area contributed by atoms with E-state index in [1.807, 2.05) is 0 Å². The molecule has 1 heterocycles. The Balaban J connectivity index is 1.65. The maximum Gasteiger partial charge on any atom is 0.305 e. The number of nitrogens with one attached hydrogen (secondary N) is 2. The predicted molar refractivity (Wildman–Crippen MR) is 142 cm³/mol. The summed E-state index contributed by atoms with van der Waals surface area (Å²) in [5, 5.41) is 12.4. The van der Waals surface area contributed by atoms with Crippen LogP contribution in [0.25, 0.3) is 11.0 Å². The van der Waals surface area contributed by atoms with Gasteiger partial charge in [0.15, 0.2) is 11.6 Å². The van der Waals surface area contributed by atoms with E-state index < -0.39 is 16.0 Å². The van der Waals surface area contributed by atoms with Gasteiger partial charge in [0, 0.05) is 29.9 Å². The summed E-state index contributed by atoms with van der Waals surface area (Å²) in [6.45, 7) is 1.39. The van der Waals surface area contributed by atoms with Gasteiger partial charge in [-0.25, -0.2) is 18.4 Å². The van der Waals surface area contributed by atoms with Gasteiger partial charge in [0.05, 0.1) is 22.3 Å². The summed E-state index contributed by atoms with van der Waals surface area (Å²) in [5.74, 6) is -1.14. The summed E-state index contributed by atoms with van der Waals surface area (Å²) >= 11 is 5.89. The minimum absolute atomic E-state index is 0.00727. The molecule has 0 aliphatic rings. The number of amides is 1. The van der Waals surface area contributed by atoms with Gasteiger partial charge in [0.1, 0.15) is 0 Å². The minimum atomic E-state index is -4.00. The fourth-order valence-corrected chi connectivity index (χ4v) is 4.63. The quantitative estimate of drug-likeness (QED) is 0.279. The molecule has 1 amide bonds. The van der Waals surface area contributed by atoms with Gasteiger partial charge >= 0.3 is 5.97 Å². The van der Waals surface area contributed by atoms with E-state index in [9.17, 15) is 18.0 Å². The summed E-state index contributed by atoms with van der Waals surface area (Å²) in [6.07, 6.45) is -0.191. The zero-order valence-electron chi connectivity index (χ0n) is 19.6. The lowest BCUT2D eigenvalue weighted by Gasteiger charge is -2.21. The standard InChI is InChI=1S/C25H22ClN5O5S/c1-16(32)31(15-14-23(33)34)19-10-8-18(9-11-19)27-24-25(29-22-5-3-2-4-21(22)28-24)30-37(35,36)20-12-6-17(26)7-13-20/h2-13H,14-15H2,1H3,(H,27,28)(H,29,30)(H,33,34). The van der Waals surface area contributed by atoms with Crippen molar-refractivity contribution in [3.05, 3.63) is 77.8 Å². The van der Waals surface area contributed by atoms with Crippen LogP contribution in [-0.2, 0) is 19.6 Å². The Labute approximate surface area is 218 Å². The first-order valence-electron chi connectivity index (χ1n) is 11.0. The second kappa shape index (κ2) is 10.8. The average molecular weight is 540 g/mol. The number of anilines is 4. The van der Waals surface area contributed by atoms with Crippen LogP contribution in [0, 0.1) is 0 Å². The van der Waals surface area contributed by atoms with Crippen molar-refractivity contribution in [1.29, 1.82) is 0 Å². The first kappa shape index (κ1) is 25.9. The van der Waals surface area contributed by atoms with Crippen molar-refractivity contribution in [3.63, 3.8) is 0 Å². The lowest BCUT2D eigenvalue weighted by molar-refractivity contribution is -0.136. The van der Waals surface area contributed by atoms with Gasteiger partial charge in [-0.2, -0.15) is 0 Å². The highest BCUT2D eigenvalue weighted by atomic mass is 35.5. The number of para-hydroxylation sites is 2. The number of nitrogens with zero attached hydrogens (tertiary/aromatic N) is 3. The van der Waals surface area contributed by atoms with Gasteiger partial charge in [-0.3, -0.25) is 14.3 Å². The van der Waals surface area contributed by atoms with Gasteiger partial charge in [0.25, 0.3) is 10.0 Å². The fraction of sp³-hybridized carbons (Fsp3) is 0.120. The van der Waals surface area contributed by atoms with Crippen molar-refractivity contribution in [3.8, 4) is 0 Å². The van der Waals surface area contributed by atoms with E-state index in [2.05, 4.69) is 20.0 Å². The first-order chi connectivity index (χ1) is 17.6. The van der Waals surface area contributed by atoms with Crippen molar-refractivity contribution in [2.45, 2.75) is 18.2 Å². The number of carboxylic acid groups (broad SMARTS) is 1. The number of aromatic nitrogens is 2. The van der Waals surface area contributed by atoms with Gasteiger partial charge in [0.2, 0.25) is 5.91 Å². The SMILES string of the molecule is CC(=O)N(CCC(=O)O)c1ccc(Nc2nc3ccccc3nc2NS(=O)(=O)c2ccc(Cl)cc2)cc1. The average Bonchev–Trinajstić information content (AvgIpc) is 2.85. The smallest absolute Gasteiger partial charge is 0.305 e. The minimum Gasteiger partial charge on any atom is -0.481 e. The number of rotatable bonds is 9. The van der Waals surface area contributed by atoms with Crippen molar-refractivity contribution in [2.75, 3.05) is 21.5 Å². The summed E-state index contributed by atoms with van der Waals surface area (Å²) in [7, 11) is -4.00. The van der Waals surface area contributed by atoms with E-state index in [0.717, 1.165) is 0 Å². The Hall–Kier alpha value is -4.22. The molecule has 0 spiro atoms. The molecule has 0 fully saturated rings. The van der Waals surface area contributed by atoms with Crippen LogP contribution in [0.4, 0.5) is 23.0 Å². The van der Waals surface area contributed by atoms with Crippen LogP contribution in [0.5, 0.6) is 0 Å². The summed E-state index contributed by atoms with van der Waals surface area (Å²) in [6, 6.07) is 19.4. The third-order valence-corrected chi connectivity index (χ3v) is 6.90. The molecule has 10 nitrogen and oxygen atoms in total. The van der Waals surface area contributed by atoms with Crippen molar-refractivity contribution < 1.29 is 23.1 Å². The van der Waals surface area contributed by atoms with E-state index in [1.165, 1.54) is 36.1 Å². The molecule has 0 aliphatic carbocycles. The molecule has 0 bridgehead atoms. The van der Waals surface area contributed by atoms with E-state index in [-0.39, 0.29) is 35.4 Å². The third-order valence-electron chi connectivity index (χ3n) is 5.30. The Morgan fingerprint density at radius 3 is 2.08 bits per heavy atom. The zero-order valence-corrected chi connectivity index (χ0v) is 21.1. The predicted octanol–water partition coefficient (Wildman–Crippen LogP) is 4.66. The van der Waals surface area contributed by atoms with E-state index in [4.69, 9.17) is 16.7 Å². The number of hydrogen-bond acceptors (Lipinski definition) is 7. The highest BCUT2D eigenvalue weighted by Crippen LogP contribution is 2.28. The van der Waals surface area contributed by atoms with Gasteiger partial charge in [-0.05, 0) is 60.7 Å². The second-order valence-electron chi connectivity index (χ2n) is 7.96. The molecule has 1 aromatic heterocycles. The molecule has 37 heavy (non-hydrogen) atoms. The van der Waals surface area contributed by atoms with E-state index in [1.54, 1.807) is 48.5 Å². The number of carboxylic acids is 1. The molecule has 0 aliphatic heterocycles. The Kier molecular flexibility index (Phi) is 7.55. The summed E-state index contributed by atoms with van der Waals surface area (Å²) in [5.41, 5.74) is 2.11. The Bertz CT molecular complexity index is 1560. The number of aliphatic carboxylic acids is 1. The molecule has 0 atom stereocenters. The molecule has 0 saturated carbocycles. The molecule has 0 saturated heterocycles. The monoisotopic (exact) mass is 539 g/mol. The Morgan fingerprint density at radius 1 is 0.919 bits per heavy atom. The molecule has 4 rings (SSSR count). The number of sulfonamides is 1. The number of benzene rings is 3. The molecule has 3 N–H and O–H groups in total. The van der Waals surface area contributed by atoms with Crippen LogP contribution in [0.2, 0.25) is 5.02 Å². The first-order valence-corrected chi connectivity index (χ1v) is 12.9. The maximum atomic E-state index is 13.0. The van der Waals surface area contributed by atoms with Crippen LogP contribution in [0.1, 0.15) is 13.3 Å². The molecular weight excluding hydrogens is 518 g/mol. The molecule has 4 aromatic rings. The van der Waals surface area contributed by atoms with Gasteiger partial charge < -0.3 is 15.3 Å². The molecule has 3 aromatic carbocycles. The van der Waals surface area contributed by atoms with Crippen LogP contribution in [0.3, 0.4) is 0 Å². The van der Waals surface area contributed by atoms with Crippen LogP contribution >= 0.6 is 11.6 Å². The van der Waals surface area contributed by atoms with Crippen molar-refractivity contribution >= 4 is 67.5 Å². The van der Waals surface area contributed by atoms with Crippen molar-refractivity contribution in [1.82, 2.24) is 9.97 Å². The van der Waals surface area contributed by atoms with Gasteiger partial charge in [-0.1, -0.05) is 23.7 Å². The van der Waals surface area contributed by atoms with Crippen LogP contribution in [-0.4, -0.2) is 41.9 Å². The summed E-state index contributed by atoms with van der Waals surface area (Å²) in [4.78, 5) is 33.3. The molecular formula is C25H22ClN5O5S. The second-order valence-corrected chi connectivity index (χ2v) is 10.1. The number of fused-ring (bicyclic) bond motifs is 1. The third kappa shape index (κ3) is 6.32. The topological polar surface area (TPSA) is 142 Å². The molecule has 0 radical (unpaired) electrons. The number of halogens is 1. The lowest BCUT2D eigenvalue weighted by atomic mass is 10.2. The normalized spacial score (nSPS) is 11.2. The van der Waals surface area contributed by atoms with E-state index >= 15 is 0 Å². The van der Waals surface area contributed by atoms with E-state index in [0.29, 0.717) is 27.4 Å². The highest BCUT2D eigenvalue weighted by Gasteiger charge is 2.19. The highest BCUT2D eigenvalue weighted by molar-refractivity contribution is 7.92. The summed E-state index contributed by atoms with van der Waals surface area (Å²) < 4.78 is 28.5. The number of carbonyl (C=O) groups is 2. The van der Waals surface area contributed by atoms with Crippen LogP contribution < -0.4 is 14.9 Å². The molecule has 0 unspecified atom stereocenters. The largest absolute Gasteiger partial charge is 0.481 e. The lowest BCUT2D eigenvalue weighted by Crippen LogP contribution is -2.30. The van der Waals surface area contributed by atoms with Gasteiger partial charge in [-0.15, -0.1) is 0 Å².